The third-order valence-electron chi connectivity index (χ3n) is 5.43. The summed E-state index contributed by atoms with van der Waals surface area (Å²) in [6, 6.07) is 17.5. The van der Waals surface area contributed by atoms with Crippen LogP contribution in [0.4, 0.5) is 0 Å². The number of pyridine rings is 1. The van der Waals surface area contributed by atoms with Crippen LogP contribution in [-0.2, 0) is 32.4 Å². The van der Waals surface area contributed by atoms with Gasteiger partial charge in [-0.05, 0) is 54.8 Å². The Morgan fingerprint density at radius 1 is 0.939 bits per heavy atom. The monoisotopic (exact) mass is 462 g/mol. The van der Waals surface area contributed by atoms with E-state index in [1.807, 2.05) is 17.5 Å². The van der Waals surface area contributed by atoms with E-state index in [2.05, 4.69) is 50.1 Å². The van der Waals surface area contributed by atoms with Crippen molar-refractivity contribution in [2.24, 2.45) is 0 Å². The first-order valence-corrected chi connectivity index (χ1v) is 11.9. The van der Waals surface area contributed by atoms with Crippen LogP contribution in [0.25, 0.3) is 10.7 Å². The van der Waals surface area contributed by atoms with E-state index in [4.69, 9.17) is 0 Å². The van der Waals surface area contributed by atoms with Crippen LogP contribution in [0.1, 0.15) is 46.0 Å². The smallest absolute Gasteiger partial charge is 0.335 e. The van der Waals surface area contributed by atoms with Gasteiger partial charge in [0.1, 0.15) is 5.82 Å². The number of carbonyl (C=O) groups is 1. The lowest BCUT2D eigenvalue weighted by Gasteiger charge is -2.10. The van der Waals surface area contributed by atoms with E-state index in [-0.39, 0.29) is 12.2 Å². The molecule has 0 spiro atoms. The number of carboxylic acid groups (broad SMARTS) is 1. The minimum Gasteiger partial charge on any atom is -0.478 e. The van der Waals surface area contributed by atoms with Gasteiger partial charge in [-0.1, -0.05) is 36.4 Å². The SMILES string of the molecule is O=C(O)c1cc(CO)nc(CCCc2nnc(-c3cccs3)n2CCCc2ccccc2)c1. The summed E-state index contributed by atoms with van der Waals surface area (Å²) < 4.78 is 2.20. The van der Waals surface area contributed by atoms with E-state index in [0.29, 0.717) is 24.2 Å². The summed E-state index contributed by atoms with van der Waals surface area (Å²) in [5.41, 5.74) is 2.49. The highest BCUT2D eigenvalue weighted by Crippen LogP contribution is 2.25. The van der Waals surface area contributed by atoms with Crippen molar-refractivity contribution < 1.29 is 15.0 Å². The highest BCUT2D eigenvalue weighted by atomic mass is 32.1. The molecule has 0 amide bonds. The number of rotatable bonds is 11. The fourth-order valence-corrected chi connectivity index (χ4v) is 4.56. The molecule has 0 atom stereocenters. The standard InChI is InChI=1S/C25H26N4O3S/c30-17-21-16-19(25(31)32)15-20(26-21)10-4-12-23-27-28-24(22-11-6-14-33-22)29(23)13-5-9-18-7-2-1-3-8-18/h1-3,6-8,11,14-16,30H,4-5,9-10,12-13,17H2,(H,31,32). The van der Waals surface area contributed by atoms with Crippen molar-refractivity contribution in [3.05, 3.63) is 88.3 Å². The minimum atomic E-state index is -1.02. The van der Waals surface area contributed by atoms with E-state index >= 15 is 0 Å². The molecule has 8 heteroatoms. The number of thiophene rings is 1. The average molecular weight is 463 g/mol. The number of benzene rings is 1. The molecular formula is C25H26N4O3S. The molecule has 7 nitrogen and oxygen atoms in total. The molecule has 0 bridgehead atoms. The zero-order valence-electron chi connectivity index (χ0n) is 18.2. The largest absolute Gasteiger partial charge is 0.478 e. The van der Waals surface area contributed by atoms with Crippen LogP contribution in [0.15, 0.2) is 60.0 Å². The summed E-state index contributed by atoms with van der Waals surface area (Å²) in [5, 5.41) is 29.7. The van der Waals surface area contributed by atoms with Crippen LogP contribution in [0.2, 0.25) is 0 Å². The number of aromatic carboxylic acids is 1. The third kappa shape index (κ3) is 5.91. The fourth-order valence-electron chi connectivity index (χ4n) is 3.84. The van der Waals surface area contributed by atoms with Crippen molar-refractivity contribution in [1.82, 2.24) is 19.7 Å². The van der Waals surface area contributed by atoms with Gasteiger partial charge < -0.3 is 14.8 Å². The van der Waals surface area contributed by atoms with Gasteiger partial charge in [-0.3, -0.25) is 4.98 Å². The molecule has 4 rings (SSSR count). The highest BCUT2D eigenvalue weighted by Gasteiger charge is 2.15. The first-order chi connectivity index (χ1) is 16.1. The molecule has 170 valence electrons. The molecular weight excluding hydrogens is 436 g/mol. The Kier molecular flexibility index (Phi) is 7.59. The number of hydrogen-bond acceptors (Lipinski definition) is 6. The van der Waals surface area contributed by atoms with Crippen molar-refractivity contribution in [1.29, 1.82) is 0 Å². The predicted octanol–water partition coefficient (Wildman–Crippen LogP) is 4.40. The second-order valence-electron chi connectivity index (χ2n) is 7.81. The molecule has 0 unspecified atom stereocenters. The summed E-state index contributed by atoms with van der Waals surface area (Å²) in [6.45, 7) is 0.542. The fraction of sp³-hybridized carbons (Fsp3) is 0.280. The molecule has 4 aromatic rings. The number of nitrogens with zero attached hydrogens (tertiary/aromatic N) is 4. The van der Waals surface area contributed by atoms with Gasteiger partial charge in [0.15, 0.2) is 5.82 Å². The van der Waals surface area contributed by atoms with E-state index in [1.165, 1.54) is 11.6 Å². The van der Waals surface area contributed by atoms with Gasteiger partial charge >= 0.3 is 5.97 Å². The maximum atomic E-state index is 11.3. The second kappa shape index (κ2) is 11.0. The molecule has 0 saturated carbocycles. The van der Waals surface area contributed by atoms with Crippen molar-refractivity contribution in [2.75, 3.05) is 0 Å². The lowest BCUT2D eigenvalue weighted by molar-refractivity contribution is 0.0696. The zero-order chi connectivity index (χ0) is 23.0. The number of hydrogen-bond donors (Lipinski definition) is 2. The number of carboxylic acids is 1. The minimum absolute atomic E-state index is 0.146. The molecule has 3 heterocycles. The highest BCUT2D eigenvalue weighted by molar-refractivity contribution is 7.13. The van der Waals surface area contributed by atoms with Gasteiger partial charge in [0, 0.05) is 18.7 Å². The summed E-state index contributed by atoms with van der Waals surface area (Å²) in [5.74, 6) is 0.789. The summed E-state index contributed by atoms with van der Waals surface area (Å²) in [6.07, 6.45) is 4.02. The third-order valence-corrected chi connectivity index (χ3v) is 6.30. The lowest BCUT2D eigenvalue weighted by Crippen LogP contribution is -2.08. The molecule has 0 radical (unpaired) electrons. The molecule has 3 aromatic heterocycles. The number of aliphatic hydroxyl groups excluding tert-OH is 1. The average Bonchev–Trinajstić information content (AvgIpc) is 3.50. The Bertz CT molecular complexity index is 1190. The maximum absolute atomic E-state index is 11.3. The summed E-state index contributed by atoms with van der Waals surface area (Å²) in [4.78, 5) is 16.8. The lowest BCUT2D eigenvalue weighted by atomic mass is 10.1. The Labute approximate surface area is 196 Å². The summed E-state index contributed by atoms with van der Waals surface area (Å²) >= 11 is 1.65. The molecule has 2 N–H and O–H groups in total. The van der Waals surface area contributed by atoms with Gasteiger partial charge in [0.25, 0.3) is 0 Å². The van der Waals surface area contributed by atoms with Crippen LogP contribution in [0, 0.1) is 0 Å². The molecule has 0 aliphatic heterocycles. The number of aryl methyl sites for hydroxylation is 3. The quantitative estimate of drug-likeness (QED) is 0.343. The van der Waals surface area contributed by atoms with Crippen molar-refractivity contribution in [3.63, 3.8) is 0 Å². The topological polar surface area (TPSA) is 101 Å². The maximum Gasteiger partial charge on any atom is 0.335 e. The van der Waals surface area contributed by atoms with E-state index in [1.54, 1.807) is 17.4 Å². The Morgan fingerprint density at radius 2 is 1.76 bits per heavy atom. The Hall–Kier alpha value is -3.36. The molecule has 33 heavy (non-hydrogen) atoms. The van der Waals surface area contributed by atoms with Gasteiger partial charge in [0.2, 0.25) is 0 Å². The van der Waals surface area contributed by atoms with Crippen LogP contribution in [0.5, 0.6) is 0 Å². The van der Waals surface area contributed by atoms with Gasteiger partial charge in [-0.2, -0.15) is 0 Å². The second-order valence-corrected chi connectivity index (χ2v) is 8.76. The van der Waals surface area contributed by atoms with Crippen molar-refractivity contribution >= 4 is 17.3 Å². The summed E-state index contributed by atoms with van der Waals surface area (Å²) in [7, 11) is 0. The predicted molar refractivity (Wildman–Crippen MR) is 127 cm³/mol. The van der Waals surface area contributed by atoms with Crippen LogP contribution >= 0.6 is 11.3 Å². The van der Waals surface area contributed by atoms with Crippen LogP contribution in [0.3, 0.4) is 0 Å². The Morgan fingerprint density at radius 3 is 2.48 bits per heavy atom. The number of aromatic nitrogens is 4. The molecule has 0 fully saturated rings. The van der Waals surface area contributed by atoms with E-state index < -0.39 is 5.97 Å². The normalized spacial score (nSPS) is 11.1. The Balaban J connectivity index is 1.46. The first kappa shape index (κ1) is 22.8. The van der Waals surface area contributed by atoms with E-state index in [9.17, 15) is 15.0 Å². The molecule has 1 aromatic carbocycles. The number of aliphatic hydroxyl groups is 1. The molecule has 0 saturated heterocycles. The zero-order valence-corrected chi connectivity index (χ0v) is 19.0. The van der Waals surface area contributed by atoms with Crippen LogP contribution in [-0.4, -0.2) is 35.9 Å². The van der Waals surface area contributed by atoms with E-state index in [0.717, 1.165) is 42.3 Å². The molecule has 0 aliphatic rings. The van der Waals surface area contributed by atoms with Gasteiger partial charge in [0.05, 0.1) is 22.7 Å². The van der Waals surface area contributed by atoms with Crippen molar-refractivity contribution in [3.8, 4) is 10.7 Å². The first-order valence-electron chi connectivity index (χ1n) is 11.0. The van der Waals surface area contributed by atoms with Gasteiger partial charge in [-0.15, -0.1) is 21.5 Å². The van der Waals surface area contributed by atoms with Crippen molar-refractivity contribution in [2.45, 2.75) is 45.3 Å². The van der Waals surface area contributed by atoms with Gasteiger partial charge in [-0.25, -0.2) is 4.79 Å². The van der Waals surface area contributed by atoms with Crippen LogP contribution < -0.4 is 0 Å². The molecule has 0 aliphatic carbocycles.